The number of hydrogen-bond acceptors (Lipinski definition) is 2. The van der Waals surface area contributed by atoms with Crippen molar-refractivity contribution >= 4 is 11.6 Å². The molecule has 0 saturated heterocycles. The Morgan fingerprint density at radius 2 is 2.12 bits per heavy atom. The topological polar surface area (TPSA) is 24.9 Å². The zero-order valence-electron chi connectivity index (χ0n) is 10.9. The molecular weight excluding hydrogens is 232 g/mol. The Morgan fingerprint density at radius 1 is 1.29 bits per heavy atom. The van der Waals surface area contributed by atoms with Gasteiger partial charge in [-0.3, -0.25) is 4.98 Å². The summed E-state index contributed by atoms with van der Waals surface area (Å²) in [5.74, 6) is 0. The van der Waals surface area contributed by atoms with E-state index in [2.05, 4.69) is 24.1 Å². The molecule has 1 aromatic heterocycles. The molecule has 1 heterocycles. The van der Waals surface area contributed by atoms with E-state index >= 15 is 0 Å². The van der Waals surface area contributed by atoms with E-state index in [4.69, 9.17) is 11.6 Å². The van der Waals surface area contributed by atoms with Crippen LogP contribution in [-0.2, 0) is 6.42 Å². The van der Waals surface area contributed by atoms with Crippen LogP contribution in [0, 0.1) is 0 Å². The lowest BCUT2D eigenvalue weighted by molar-refractivity contribution is 0.449. The molecule has 0 saturated carbocycles. The lowest BCUT2D eigenvalue weighted by Gasteiger charge is -2.17. The molecule has 17 heavy (non-hydrogen) atoms. The second-order valence-corrected chi connectivity index (χ2v) is 4.85. The first-order valence-corrected chi connectivity index (χ1v) is 6.97. The number of nitrogens with one attached hydrogen (secondary N) is 1. The van der Waals surface area contributed by atoms with Gasteiger partial charge in [0.05, 0.1) is 5.02 Å². The van der Waals surface area contributed by atoms with E-state index in [1.54, 1.807) is 6.20 Å². The van der Waals surface area contributed by atoms with Crippen LogP contribution in [-0.4, -0.2) is 17.6 Å². The minimum absolute atomic E-state index is 0.615. The van der Waals surface area contributed by atoms with Crippen LogP contribution in [0.4, 0.5) is 0 Å². The second-order valence-electron chi connectivity index (χ2n) is 4.45. The van der Waals surface area contributed by atoms with Gasteiger partial charge in [-0.15, -0.1) is 0 Å². The van der Waals surface area contributed by atoms with Crippen LogP contribution < -0.4 is 5.32 Å². The fraction of sp³-hybridized carbons (Fsp3) is 0.643. The molecule has 0 aliphatic carbocycles. The first-order valence-electron chi connectivity index (χ1n) is 6.59. The SMILES string of the molecule is CCCNC(CCC)CCc1ccncc1Cl. The Hall–Kier alpha value is -0.600. The van der Waals surface area contributed by atoms with Crippen LogP contribution in [0.15, 0.2) is 18.5 Å². The molecule has 1 aromatic rings. The molecule has 0 bridgehead atoms. The summed E-state index contributed by atoms with van der Waals surface area (Å²) in [7, 11) is 0. The summed E-state index contributed by atoms with van der Waals surface area (Å²) >= 11 is 6.11. The van der Waals surface area contributed by atoms with Gasteiger partial charge in [0.1, 0.15) is 0 Å². The highest BCUT2D eigenvalue weighted by atomic mass is 35.5. The molecule has 1 N–H and O–H groups in total. The standard InChI is InChI=1S/C14H23ClN2/c1-3-5-13(17-9-4-2)7-6-12-8-10-16-11-14(12)15/h8,10-11,13,17H,3-7,9H2,1-2H3. The van der Waals surface area contributed by atoms with Gasteiger partial charge < -0.3 is 5.32 Å². The third-order valence-corrected chi connectivity index (χ3v) is 3.28. The normalized spacial score (nSPS) is 12.6. The molecular formula is C14H23ClN2. The Balaban J connectivity index is 2.42. The lowest BCUT2D eigenvalue weighted by atomic mass is 10.0. The lowest BCUT2D eigenvalue weighted by Crippen LogP contribution is -2.30. The van der Waals surface area contributed by atoms with E-state index in [-0.39, 0.29) is 0 Å². The summed E-state index contributed by atoms with van der Waals surface area (Å²) in [6.07, 6.45) is 9.38. The quantitative estimate of drug-likeness (QED) is 0.763. The van der Waals surface area contributed by atoms with Crippen LogP contribution in [0.25, 0.3) is 0 Å². The average molecular weight is 255 g/mol. The summed E-state index contributed by atoms with van der Waals surface area (Å²) in [5, 5.41) is 4.39. The van der Waals surface area contributed by atoms with Gasteiger partial charge in [0.25, 0.3) is 0 Å². The number of aryl methyl sites for hydroxylation is 1. The van der Waals surface area contributed by atoms with Gasteiger partial charge in [-0.2, -0.15) is 0 Å². The summed E-state index contributed by atoms with van der Waals surface area (Å²) in [6.45, 7) is 5.55. The van der Waals surface area contributed by atoms with Crippen LogP contribution >= 0.6 is 11.6 Å². The molecule has 96 valence electrons. The highest BCUT2D eigenvalue weighted by Crippen LogP contribution is 2.17. The van der Waals surface area contributed by atoms with Crippen molar-refractivity contribution in [2.24, 2.45) is 0 Å². The molecule has 0 amide bonds. The van der Waals surface area contributed by atoms with Crippen molar-refractivity contribution in [3.8, 4) is 0 Å². The van der Waals surface area contributed by atoms with E-state index in [0.717, 1.165) is 24.4 Å². The molecule has 0 aromatic carbocycles. The molecule has 0 aliphatic heterocycles. The maximum Gasteiger partial charge on any atom is 0.0621 e. The minimum Gasteiger partial charge on any atom is -0.314 e. The number of hydrogen-bond donors (Lipinski definition) is 1. The average Bonchev–Trinajstić information content (AvgIpc) is 2.34. The largest absolute Gasteiger partial charge is 0.314 e. The molecule has 1 rings (SSSR count). The second kappa shape index (κ2) is 8.48. The fourth-order valence-electron chi connectivity index (χ4n) is 1.98. The van der Waals surface area contributed by atoms with Crippen molar-refractivity contribution in [1.29, 1.82) is 0 Å². The third kappa shape index (κ3) is 5.51. The Bertz CT molecular complexity index is 315. The summed E-state index contributed by atoms with van der Waals surface area (Å²) < 4.78 is 0. The van der Waals surface area contributed by atoms with E-state index in [9.17, 15) is 0 Å². The van der Waals surface area contributed by atoms with Crippen LogP contribution in [0.1, 0.15) is 45.1 Å². The number of aromatic nitrogens is 1. The monoisotopic (exact) mass is 254 g/mol. The number of pyridine rings is 1. The molecule has 1 unspecified atom stereocenters. The molecule has 0 radical (unpaired) electrons. The maximum atomic E-state index is 6.11. The van der Waals surface area contributed by atoms with Crippen LogP contribution in [0.2, 0.25) is 5.02 Å². The molecule has 2 nitrogen and oxygen atoms in total. The van der Waals surface area contributed by atoms with Gasteiger partial charge in [0.2, 0.25) is 0 Å². The van der Waals surface area contributed by atoms with Gasteiger partial charge in [0.15, 0.2) is 0 Å². The number of nitrogens with zero attached hydrogens (tertiary/aromatic N) is 1. The fourth-order valence-corrected chi connectivity index (χ4v) is 2.20. The molecule has 0 aliphatic rings. The van der Waals surface area contributed by atoms with Crippen molar-refractivity contribution in [2.75, 3.05) is 6.54 Å². The van der Waals surface area contributed by atoms with E-state index in [0.29, 0.717) is 6.04 Å². The van der Waals surface area contributed by atoms with Crippen molar-refractivity contribution in [3.05, 3.63) is 29.0 Å². The van der Waals surface area contributed by atoms with Gasteiger partial charge in [-0.1, -0.05) is 31.9 Å². The minimum atomic E-state index is 0.615. The summed E-state index contributed by atoms with van der Waals surface area (Å²) in [4.78, 5) is 4.01. The molecule has 3 heteroatoms. The molecule has 1 atom stereocenters. The first-order chi connectivity index (χ1) is 8.27. The number of rotatable bonds is 8. The van der Waals surface area contributed by atoms with Gasteiger partial charge in [0, 0.05) is 18.4 Å². The smallest absolute Gasteiger partial charge is 0.0621 e. The predicted octanol–water partition coefficient (Wildman–Crippen LogP) is 3.84. The van der Waals surface area contributed by atoms with Crippen LogP contribution in [0.3, 0.4) is 0 Å². The zero-order chi connectivity index (χ0) is 12.5. The Labute approximate surface area is 110 Å². The van der Waals surface area contributed by atoms with Crippen molar-refractivity contribution in [1.82, 2.24) is 10.3 Å². The van der Waals surface area contributed by atoms with Crippen molar-refractivity contribution < 1.29 is 0 Å². The number of halogens is 1. The van der Waals surface area contributed by atoms with Gasteiger partial charge >= 0.3 is 0 Å². The van der Waals surface area contributed by atoms with Crippen molar-refractivity contribution in [3.63, 3.8) is 0 Å². The van der Waals surface area contributed by atoms with E-state index in [1.165, 1.54) is 24.8 Å². The third-order valence-electron chi connectivity index (χ3n) is 2.94. The van der Waals surface area contributed by atoms with Gasteiger partial charge in [-0.05, 0) is 43.9 Å². The highest BCUT2D eigenvalue weighted by molar-refractivity contribution is 6.31. The highest BCUT2D eigenvalue weighted by Gasteiger charge is 2.08. The summed E-state index contributed by atoms with van der Waals surface area (Å²) in [5.41, 5.74) is 1.21. The zero-order valence-corrected chi connectivity index (χ0v) is 11.6. The summed E-state index contributed by atoms with van der Waals surface area (Å²) in [6, 6.07) is 2.63. The maximum absolute atomic E-state index is 6.11. The predicted molar refractivity (Wildman–Crippen MR) is 74.6 cm³/mol. The molecule has 0 spiro atoms. The Kier molecular flexibility index (Phi) is 7.22. The van der Waals surface area contributed by atoms with Crippen molar-refractivity contribution in [2.45, 2.75) is 52.0 Å². The van der Waals surface area contributed by atoms with E-state index < -0.39 is 0 Å². The Morgan fingerprint density at radius 3 is 2.76 bits per heavy atom. The first kappa shape index (κ1) is 14.5. The molecule has 0 fully saturated rings. The van der Waals surface area contributed by atoms with E-state index in [1.807, 2.05) is 12.3 Å². The van der Waals surface area contributed by atoms with Crippen LogP contribution in [0.5, 0.6) is 0 Å². The van der Waals surface area contributed by atoms with Gasteiger partial charge in [-0.25, -0.2) is 0 Å².